The zero-order valence-corrected chi connectivity index (χ0v) is 14.2. The van der Waals surface area contributed by atoms with Crippen molar-refractivity contribution in [2.24, 2.45) is 5.10 Å². The fourth-order valence-electron chi connectivity index (χ4n) is 1.38. The number of amides is 1. The summed E-state index contributed by atoms with van der Waals surface area (Å²) in [6.07, 6.45) is 2.43. The highest BCUT2D eigenvalue weighted by atomic mass is 79.9. The van der Waals surface area contributed by atoms with E-state index in [0.717, 1.165) is 11.8 Å². The molecule has 112 valence electrons. The van der Waals surface area contributed by atoms with Crippen LogP contribution in [0.5, 0.6) is 0 Å². The Morgan fingerprint density at radius 1 is 1.32 bits per heavy atom. The smallest absolute Gasteiger partial charge is 0.410 e. The van der Waals surface area contributed by atoms with Gasteiger partial charge in [0.15, 0.2) is 0 Å². The van der Waals surface area contributed by atoms with E-state index in [4.69, 9.17) is 4.74 Å². The number of carbonyl (C=O) groups excluding carboxylic acids is 1. The summed E-state index contributed by atoms with van der Waals surface area (Å²) in [6.45, 7) is 9.67. The van der Waals surface area contributed by atoms with E-state index in [2.05, 4.69) is 21.0 Å². The summed E-state index contributed by atoms with van der Waals surface area (Å²) < 4.78 is 5.39. The summed E-state index contributed by atoms with van der Waals surface area (Å²) in [4.78, 5) is 13.7. The van der Waals surface area contributed by atoms with E-state index in [1.807, 2.05) is 39.8 Å². The topological polar surface area (TPSA) is 45.1 Å². The maximum Gasteiger partial charge on any atom is 0.410 e. The standard InChI is InChI=1S/C13H26BrN3O2/c1-6-9-17(12(18)19-13(2,3)4)11-10-16(5)15-8-7-14/h8H,6-7,9-11H2,1-5H3/b15-8-. The van der Waals surface area contributed by atoms with Crippen molar-refractivity contribution in [3.8, 4) is 0 Å². The second-order valence-electron chi connectivity index (χ2n) is 5.30. The number of likely N-dealkylation sites (N-methyl/N-ethyl adjacent to an activating group) is 1. The van der Waals surface area contributed by atoms with Crippen molar-refractivity contribution in [3.63, 3.8) is 0 Å². The molecule has 0 atom stereocenters. The van der Waals surface area contributed by atoms with Gasteiger partial charge in [0.25, 0.3) is 0 Å². The molecule has 0 spiro atoms. The molecule has 0 aromatic carbocycles. The predicted octanol–water partition coefficient (Wildman–Crippen LogP) is 2.95. The molecule has 0 aromatic heterocycles. The van der Waals surface area contributed by atoms with E-state index in [-0.39, 0.29) is 6.09 Å². The van der Waals surface area contributed by atoms with E-state index >= 15 is 0 Å². The van der Waals surface area contributed by atoms with Crippen LogP contribution in [0, 0.1) is 0 Å². The number of nitrogens with zero attached hydrogens (tertiary/aromatic N) is 3. The van der Waals surface area contributed by atoms with E-state index in [9.17, 15) is 4.79 Å². The van der Waals surface area contributed by atoms with Crippen molar-refractivity contribution >= 4 is 28.2 Å². The van der Waals surface area contributed by atoms with Crippen molar-refractivity contribution < 1.29 is 9.53 Å². The third kappa shape index (κ3) is 9.76. The third-order valence-electron chi connectivity index (χ3n) is 2.19. The van der Waals surface area contributed by atoms with Crippen LogP contribution in [0.3, 0.4) is 0 Å². The number of hydrogen-bond donors (Lipinski definition) is 0. The Balaban J connectivity index is 4.32. The first-order chi connectivity index (χ1) is 8.80. The van der Waals surface area contributed by atoms with Gasteiger partial charge < -0.3 is 9.64 Å². The molecule has 6 heteroatoms. The zero-order chi connectivity index (χ0) is 14.9. The largest absolute Gasteiger partial charge is 0.444 e. The van der Waals surface area contributed by atoms with Crippen LogP contribution in [0.25, 0.3) is 0 Å². The van der Waals surface area contributed by atoms with Crippen molar-refractivity contribution in [3.05, 3.63) is 0 Å². The molecular formula is C13H26BrN3O2. The molecule has 1 amide bonds. The summed E-state index contributed by atoms with van der Waals surface area (Å²) in [7, 11) is 1.89. The molecule has 5 nitrogen and oxygen atoms in total. The van der Waals surface area contributed by atoms with Gasteiger partial charge in [-0.2, -0.15) is 5.10 Å². The number of hydrazone groups is 1. The maximum atomic E-state index is 12.0. The SMILES string of the molecule is CCCN(CCN(C)/N=C\CBr)C(=O)OC(C)(C)C. The van der Waals surface area contributed by atoms with E-state index in [0.29, 0.717) is 19.6 Å². The number of alkyl halides is 1. The van der Waals surface area contributed by atoms with E-state index in [1.54, 1.807) is 11.1 Å². The van der Waals surface area contributed by atoms with Gasteiger partial charge in [0.05, 0.1) is 6.54 Å². The first kappa shape index (κ1) is 18.2. The van der Waals surface area contributed by atoms with E-state index < -0.39 is 5.60 Å². The first-order valence-corrected chi connectivity index (χ1v) is 7.69. The molecule has 0 saturated heterocycles. The van der Waals surface area contributed by atoms with Gasteiger partial charge in [-0.25, -0.2) is 4.79 Å². The zero-order valence-electron chi connectivity index (χ0n) is 12.6. The van der Waals surface area contributed by atoms with Gasteiger partial charge in [0.1, 0.15) is 5.60 Å². The van der Waals surface area contributed by atoms with Crippen LogP contribution < -0.4 is 0 Å². The lowest BCUT2D eigenvalue weighted by atomic mass is 10.2. The van der Waals surface area contributed by atoms with Crippen LogP contribution in [0.1, 0.15) is 34.1 Å². The van der Waals surface area contributed by atoms with Crippen LogP contribution in [0.15, 0.2) is 5.10 Å². The molecular weight excluding hydrogens is 310 g/mol. The maximum absolute atomic E-state index is 12.0. The lowest BCUT2D eigenvalue weighted by molar-refractivity contribution is 0.0237. The van der Waals surface area contributed by atoms with Gasteiger partial charge in [-0.05, 0) is 27.2 Å². The molecule has 0 heterocycles. The molecule has 0 aliphatic rings. The van der Waals surface area contributed by atoms with Crippen LogP contribution in [0.4, 0.5) is 4.79 Å². The first-order valence-electron chi connectivity index (χ1n) is 6.57. The molecule has 0 aromatic rings. The number of rotatable bonds is 7. The van der Waals surface area contributed by atoms with Gasteiger partial charge in [-0.15, -0.1) is 0 Å². The molecule has 0 aliphatic heterocycles. The average Bonchev–Trinajstić information content (AvgIpc) is 2.29. The molecule has 0 unspecified atom stereocenters. The second-order valence-corrected chi connectivity index (χ2v) is 5.95. The molecule has 0 bridgehead atoms. The van der Waals surface area contributed by atoms with Gasteiger partial charge in [0.2, 0.25) is 0 Å². The van der Waals surface area contributed by atoms with Crippen molar-refractivity contribution in [2.45, 2.75) is 39.7 Å². The second kappa shape index (κ2) is 9.18. The molecule has 0 rings (SSSR count). The Morgan fingerprint density at radius 2 is 1.95 bits per heavy atom. The number of hydrogen-bond acceptors (Lipinski definition) is 4. The Morgan fingerprint density at radius 3 is 2.42 bits per heavy atom. The average molecular weight is 336 g/mol. The summed E-state index contributed by atoms with van der Waals surface area (Å²) in [5.41, 5.74) is -0.455. The fourth-order valence-corrected chi connectivity index (χ4v) is 1.51. The highest BCUT2D eigenvalue weighted by Crippen LogP contribution is 2.10. The third-order valence-corrected chi connectivity index (χ3v) is 2.48. The van der Waals surface area contributed by atoms with Crippen molar-refractivity contribution in [1.29, 1.82) is 0 Å². The fraction of sp³-hybridized carbons (Fsp3) is 0.846. The minimum atomic E-state index is -0.455. The predicted molar refractivity (Wildman–Crippen MR) is 83.0 cm³/mol. The molecule has 0 aliphatic carbocycles. The quantitative estimate of drug-likeness (QED) is 0.408. The van der Waals surface area contributed by atoms with Gasteiger partial charge in [-0.3, -0.25) is 5.01 Å². The minimum absolute atomic E-state index is 0.257. The number of carbonyl (C=O) groups is 1. The Kier molecular flexibility index (Phi) is 8.80. The molecule has 0 radical (unpaired) electrons. The van der Waals surface area contributed by atoms with Crippen LogP contribution in [0.2, 0.25) is 0 Å². The highest BCUT2D eigenvalue weighted by molar-refractivity contribution is 9.09. The normalized spacial score (nSPS) is 11.7. The summed E-state index contributed by atoms with van der Waals surface area (Å²) in [5.74, 6) is 0. The summed E-state index contributed by atoms with van der Waals surface area (Å²) >= 11 is 3.28. The lowest BCUT2D eigenvalue weighted by Crippen LogP contribution is -2.40. The molecule has 0 saturated carbocycles. The summed E-state index contributed by atoms with van der Waals surface area (Å²) in [6, 6.07) is 0. The van der Waals surface area contributed by atoms with Crippen LogP contribution in [-0.4, -0.2) is 59.8 Å². The Labute approximate surface area is 125 Å². The Bertz CT molecular complexity index is 290. The van der Waals surface area contributed by atoms with Crippen LogP contribution >= 0.6 is 15.9 Å². The summed E-state index contributed by atoms with van der Waals surface area (Å²) in [5, 5.41) is 6.73. The van der Waals surface area contributed by atoms with Crippen molar-refractivity contribution in [2.75, 3.05) is 32.0 Å². The van der Waals surface area contributed by atoms with E-state index in [1.165, 1.54) is 0 Å². The molecule has 0 N–H and O–H groups in total. The van der Waals surface area contributed by atoms with Gasteiger partial charge in [0, 0.05) is 31.7 Å². The monoisotopic (exact) mass is 335 g/mol. The Hall–Kier alpha value is -0.780. The van der Waals surface area contributed by atoms with Crippen molar-refractivity contribution in [1.82, 2.24) is 9.91 Å². The molecule has 19 heavy (non-hydrogen) atoms. The number of ether oxygens (including phenoxy) is 1. The van der Waals surface area contributed by atoms with Gasteiger partial charge >= 0.3 is 6.09 Å². The molecule has 0 fully saturated rings. The van der Waals surface area contributed by atoms with Gasteiger partial charge in [-0.1, -0.05) is 22.9 Å². The highest BCUT2D eigenvalue weighted by Gasteiger charge is 2.21. The van der Waals surface area contributed by atoms with Crippen LogP contribution in [-0.2, 0) is 4.74 Å². The minimum Gasteiger partial charge on any atom is -0.444 e. The number of halogens is 1. The lowest BCUT2D eigenvalue weighted by Gasteiger charge is -2.28.